The summed E-state index contributed by atoms with van der Waals surface area (Å²) >= 11 is 0. The highest BCUT2D eigenvalue weighted by Crippen LogP contribution is 2.35. The zero-order chi connectivity index (χ0) is 15.9. The summed E-state index contributed by atoms with van der Waals surface area (Å²) in [6.07, 6.45) is 3.96. The topological polar surface area (TPSA) is 98.7 Å². The summed E-state index contributed by atoms with van der Waals surface area (Å²) < 4.78 is 0. The van der Waals surface area contributed by atoms with Crippen molar-refractivity contribution in [1.29, 1.82) is 0 Å². The van der Waals surface area contributed by atoms with E-state index in [1.807, 2.05) is 0 Å². The Morgan fingerprint density at radius 3 is 2.29 bits per heavy atom. The summed E-state index contributed by atoms with van der Waals surface area (Å²) in [4.78, 5) is 36.1. The van der Waals surface area contributed by atoms with E-state index in [2.05, 4.69) is 10.6 Å². The van der Waals surface area contributed by atoms with Crippen LogP contribution in [0.4, 0.5) is 4.79 Å². The van der Waals surface area contributed by atoms with Crippen molar-refractivity contribution in [2.75, 3.05) is 26.7 Å². The lowest BCUT2D eigenvalue weighted by Gasteiger charge is -2.33. The van der Waals surface area contributed by atoms with Gasteiger partial charge in [0.2, 0.25) is 5.91 Å². The average Bonchev–Trinajstić information content (AvgIpc) is 2.45. The van der Waals surface area contributed by atoms with E-state index in [0.29, 0.717) is 19.4 Å². The van der Waals surface area contributed by atoms with E-state index in [-0.39, 0.29) is 19.0 Å². The number of hydrogen-bond acceptors (Lipinski definition) is 3. The lowest BCUT2D eigenvalue weighted by molar-refractivity contribution is -0.150. The fraction of sp³-hybridized carbons (Fsp3) is 0.786. The van der Waals surface area contributed by atoms with Gasteiger partial charge in [-0.15, -0.1) is 0 Å². The molecule has 0 bridgehead atoms. The SMILES string of the molecule is CCNC(=O)CN(C)C(=O)NCC1(C(=O)O)CCCCC1. The molecular formula is C14H25N3O4. The van der Waals surface area contributed by atoms with Crippen LogP contribution in [-0.4, -0.2) is 54.6 Å². The van der Waals surface area contributed by atoms with Crippen LogP contribution in [0.2, 0.25) is 0 Å². The minimum Gasteiger partial charge on any atom is -0.481 e. The van der Waals surface area contributed by atoms with Crippen LogP contribution in [-0.2, 0) is 9.59 Å². The first kappa shape index (κ1) is 17.3. The molecule has 0 aliphatic heterocycles. The smallest absolute Gasteiger partial charge is 0.317 e. The molecule has 0 aromatic heterocycles. The number of carbonyl (C=O) groups excluding carboxylic acids is 2. The van der Waals surface area contributed by atoms with E-state index < -0.39 is 17.4 Å². The van der Waals surface area contributed by atoms with Crippen molar-refractivity contribution in [2.45, 2.75) is 39.0 Å². The third kappa shape index (κ3) is 4.91. The molecule has 7 nitrogen and oxygen atoms in total. The summed E-state index contributed by atoms with van der Waals surface area (Å²) in [5, 5.41) is 14.7. The summed E-state index contributed by atoms with van der Waals surface area (Å²) in [6, 6.07) is -0.424. The van der Waals surface area contributed by atoms with Crippen molar-refractivity contribution >= 4 is 17.9 Å². The summed E-state index contributed by atoms with van der Waals surface area (Å²) in [6.45, 7) is 2.38. The van der Waals surface area contributed by atoms with E-state index in [4.69, 9.17) is 0 Å². The Bertz CT molecular complexity index is 392. The third-order valence-electron chi connectivity index (χ3n) is 3.94. The quantitative estimate of drug-likeness (QED) is 0.675. The molecule has 3 N–H and O–H groups in total. The first-order valence-corrected chi connectivity index (χ1v) is 7.40. The second-order valence-corrected chi connectivity index (χ2v) is 5.61. The number of carboxylic acid groups (broad SMARTS) is 1. The maximum Gasteiger partial charge on any atom is 0.317 e. The number of carboxylic acids is 1. The van der Waals surface area contributed by atoms with Gasteiger partial charge in [0.15, 0.2) is 0 Å². The number of carbonyl (C=O) groups is 3. The zero-order valence-corrected chi connectivity index (χ0v) is 12.8. The van der Waals surface area contributed by atoms with Gasteiger partial charge in [0.1, 0.15) is 6.54 Å². The van der Waals surface area contributed by atoms with Gasteiger partial charge in [0.25, 0.3) is 0 Å². The van der Waals surface area contributed by atoms with Gasteiger partial charge in [-0.05, 0) is 19.8 Å². The van der Waals surface area contributed by atoms with Gasteiger partial charge in [-0.25, -0.2) is 4.79 Å². The molecule has 0 aromatic rings. The third-order valence-corrected chi connectivity index (χ3v) is 3.94. The van der Waals surface area contributed by atoms with Gasteiger partial charge in [0, 0.05) is 20.1 Å². The van der Waals surface area contributed by atoms with E-state index >= 15 is 0 Å². The van der Waals surface area contributed by atoms with E-state index in [1.165, 1.54) is 11.9 Å². The van der Waals surface area contributed by atoms with Crippen LogP contribution in [0, 0.1) is 5.41 Å². The van der Waals surface area contributed by atoms with Crippen molar-refractivity contribution in [1.82, 2.24) is 15.5 Å². The molecule has 0 heterocycles. The van der Waals surface area contributed by atoms with Crippen LogP contribution >= 0.6 is 0 Å². The Balaban J connectivity index is 2.49. The highest BCUT2D eigenvalue weighted by Gasteiger charge is 2.40. The first-order valence-electron chi connectivity index (χ1n) is 7.40. The Kier molecular flexibility index (Phi) is 6.45. The molecule has 3 amide bonds. The molecule has 1 fully saturated rings. The molecule has 0 unspecified atom stereocenters. The standard InChI is InChI=1S/C14H25N3O4/c1-3-15-11(18)9-17(2)13(21)16-10-14(12(19)20)7-5-4-6-8-14/h3-10H2,1-2H3,(H,15,18)(H,16,21)(H,19,20). The Morgan fingerprint density at radius 2 is 1.76 bits per heavy atom. The van der Waals surface area contributed by atoms with Gasteiger partial charge in [-0.2, -0.15) is 0 Å². The second kappa shape index (κ2) is 7.85. The van der Waals surface area contributed by atoms with Crippen LogP contribution in [0.1, 0.15) is 39.0 Å². The number of urea groups is 1. The fourth-order valence-electron chi connectivity index (χ4n) is 2.61. The van der Waals surface area contributed by atoms with Gasteiger partial charge in [-0.3, -0.25) is 9.59 Å². The number of rotatable bonds is 6. The molecule has 1 aliphatic rings. The number of amides is 3. The molecule has 0 aromatic carbocycles. The normalized spacial score (nSPS) is 16.9. The largest absolute Gasteiger partial charge is 0.481 e. The van der Waals surface area contributed by atoms with Crippen molar-refractivity contribution in [3.63, 3.8) is 0 Å². The van der Waals surface area contributed by atoms with Crippen molar-refractivity contribution in [3.05, 3.63) is 0 Å². The molecular weight excluding hydrogens is 274 g/mol. The molecule has 21 heavy (non-hydrogen) atoms. The number of hydrogen-bond donors (Lipinski definition) is 3. The maximum atomic E-state index is 11.9. The van der Waals surface area contributed by atoms with Crippen molar-refractivity contribution in [3.8, 4) is 0 Å². The molecule has 0 radical (unpaired) electrons. The fourth-order valence-corrected chi connectivity index (χ4v) is 2.61. The molecule has 120 valence electrons. The minimum atomic E-state index is -0.861. The summed E-state index contributed by atoms with van der Waals surface area (Å²) in [7, 11) is 1.51. The van der Waals surface area contributed by atoms with E-state index in [1.54, 1.807) is 6.92 Å². The molecule has 1 rings (SSSR count). The Morgan fingerprint density at radius 1 is 1.14 bits per heavy atom. The van der Waals surface area contributed by atoms with E-state index in [0.717, 1.165) is 19.3 Å². The minimum absolute atomic E-state index is 0.0419. The maximum absolute atomic E-state index is 11.9. The zero-order valence-electron chi connectivity index (χ0n) is 12.8. The van der Waals surface area contributed by atoms with Gasteiger partial charge in [-0.1, -0.05) is 19.3 Å². The number of likely N-dealkylation sites (N-methyl/N-ethyl adjacent to an activating group) is 2. The molecule has 1 saturated carbocycles. The first-order chi connectivity index (χ1) is 9.91. The van der Waals surface area contributed by atoms with Crippen LogP contribution in [0.15, 0.2) is 0 Å². The number of aliphatic carboxylic acids is 1. The van der Waals surface area contributed by atoms with Gasteiger partial charge >= 0.3 is 12.0 Å². The second-order valence-electron chi connectivity index (χ2n) is 5.61. The Hall–Kier alpha value is -1.79. The predicted octanol–water partition coefficient (Wildman–Crippen LogP) is 0.799. The van der Waals surface area contributed by atoms with Crippen LogP contribution in [0.25, 0.3) is 0 Å². The van der Waals surface area contributed by atoms with Crippen molar-refractivity contribution in [2.24, 2.45) is 5.41 Å². The monoisotopic (exact) mass is 299 g/mol. The van der Waals surface area contributed by atoms with E-state index in [9.17, 15) is 19.5 Å². The van der Waals surface area contributed by atoms with Gasteiger partial charge < -0.3 is 20.6 Å². The lowest BCUT2D eigenvalue weighted by Crippen LogP contribution is -2.49. The summed E-state index contributed by atoms with van der Waals surface area (Å²) in [5.41, 5.74) is -0.861. The van der Waals surface area contributed by atoms with Crippen LogP contribution in [0.3, 0.4) is 0 Å². The molecule has 1 aliphatic carbocycles. The predicted molar refractivity (Wildman–Crippen MR) is 77.9 cm³/mol. The van der Waals surface area contributed by atoms with Crippen LogP contribution < -0.4 is 10.6 Å². The van der Waals surface area contributed by atoms with Crippen molar-refractivity contribution < 1.29 is 19.5 Å². The molecule has 0 spiro atoms. The highest BCUT2D eigenvalue weighted by molar-refractivity contribution is 5.84. The average molecular weight is 299 g/mol. The summed E-state index contributed by atoms with van der Waals surface area (Å²) in [5.74, 6) is -1.09. The lowest BCUT2D eigenvalue weighted by atomic mass is 9.74. The van der Waals surface area contributed by atoms with Crippen LogP contribution in [0.5, 0.6) is 0 Å². The molecule has 0 saturated heterocycles. The highest BCUT2D eigenvalue weighted by atomic mass is 16.4. The number of nitrogens with zero attached hydrogens (tertiary/aromatic N) is 1. The van der Waals surface area contributed by atoms with Gasteiger partial charge in [0.05, 0.1) is 5.41 Å². The Labute approximate surface area is 125 Å². The molecule has 7 heteroatoms. The molecule has 0 atom stereocenters. The number of nitrogens with one attached hydrogen (secondary N) is 2.